The molecule has 1 aliphatic rings. The summed E-state index contributed by atoms with van der Waals surface area (Å²) in [5.41, 5.74) is 6.06. The van der Waals surface area contributed by atoms with Gasteiger partial charge in [-0.05, 0) is 20.4 Å². The maximum Gasteiger partial charge on any atom is 0.0195 e. The molecule has 1 rings (SSSR count). The van der Waals surface area contributed by atoms with E-state index in [9.17, 15) is 0 Å². The van der Waals surface area contributed by atoms with Crippen LogP contribution in [0, 0.1) is 0 Å². The maximum atomic E-state index is 6.06. The fourth-order valence-electron chi connectivity index (χ4n) is 2.21. The van der Waals surface area contributed by atoms with Crippen LogP contribution in [0.25, 0.3) is 0 Å². The molecular weight excluding hydrogens is 174 g/mol. The first kappa shape index (κ1) is 12.0. The number of hydrogen-bond acceptors (Lipinski definition) is 3. The Kier molecular flexibility index (Phi) is 4.85. The van der Waals surface area contributed by atoms with Gasteiger partial charge in [-0.1, -0.05) is 13.3 Å². The van der Waals surface area contributed by atoms with Crippen molar-refractivity contribution in [3.8, 4) is 0 Å². The Hall–Kier alpha value is -0.120. The number of piperazine rings is 1. The predicted octanol–water partition coefficient (Wildman–Crippen LogP) is 0.750. The van der Waals surface area contributed by atoms with Crippen LogP contribution in [0.1, 0.15) is 26.7 Å². The van der Waals surface area contributed by atoms with Gasteiger partial charge in [0.05, 0.1) is 0 Å². The van der Waals surface area contributed by atoms with Gasteiger partial charge in [0.2, 0.25) is 0 Å². The van der Waals surface area contributed by atoms with Crippen LogP contribution in [0.15, 0.2) is 0 Å². The van der Waals surface area contributed by atoms with Crippen LogP contribution in [-0.4, -0.2) is 55.1 Å². The highest BCUT2D eigenvalue weighted by molar-refractivity contribution is 4.80. The van der Waals surface area contributed by atoms with E-state index in [1.54, 1.807) is 0 Å². The van der Waals surface area contributed by atoms with E-state index in [4.69, 9.17) is 5.73 Å². The standard InChI is InChI=1S/C11H25N3/c1-4-5-11(12)9-14-7-6-13(3)8-10(14)2/h10-11H,4-9,12H2,1-3H3. The van der Waals surface area contributed by atoms with E-state index >= 15 is 0 Å². The van der Waals surface area contributed by atoms with Crippen molar-refractivity contribution in [3.63, 3.8) is 0 Å². The van der Waals surface area contributed by atoms with Gasteiger partial charge in [-0.15, -0.1) is 0 Å². The van der Waals surface area contributed by atoms with Crippen molar-refractivity contribution >= 4 is 0 Å². The SMILES string of the molecule is CCCC(N)CN1CCN(C)CC1C. The van der Waals surface area contributed by atoms with Gasteiger partial charge in [0.1, 0.15) is 0 Å². The molecule has 0 spiro atoms. The Balaban J connectivity index is 2.29. The molecular formula is C11H25N3. The van der Waals surface area contributed by atoms with Gasteiger partial charge in [0.25, 0.3) is 0 Å². The molecule has 0 amide bonds. The highest BCUT2D eigenvalue weighted by atomic mass is 15.3. The van der Waals surface area contributed by atoms with Crippen molar-refractivity contribution < 1.29 is 0 Å². The van der Waals surface area contributed by atoms with E-state index in [-0.39, 0.29) is 0 Å². The van der Waals surface area contributed by atoms with E-state index in [0.717, 1.165) is 13.0 Å². The highest BCUT2D eigenvalue weighted by Crippen LogP contribution is 2.09. The predicted molar refractivity (Wildman–Crippen MR) is 61.4 cm³/mol. The quantitative estimate of drug-likeness (QED) is 0.725. The Labute approximate surface area is 88.2 Å². The zero-order valence-electron chi connectivity index (χ0n) is 9.87. The van der Waals surface area contributed by atoms with Gasteiger partial charge in [-0.3, -0.25) is 4.90 Å². The lowest BCUT2D eigenvalue weighted by atomic mass is 10.1. The van der Waals surface area contributed by atoms with Crippen LogP contribution in [0.5, 0.6) is 0 Å². The molecule has 84 valence electrons. The molecule has 2 unspecified atom stereocenters. The summed E-state index contributed by atoms with van der Waals surface area (Å²) < 4.78 is 0. The number of nitrogens with two attached hydrogens (primary N) is 1. The minimum Gasteiger partial charge on any atom is -0.327 e. The van der Waals surface area contributed by atoms with Gasteiger partial charge in [0.15, 0.2) is 0 Å². The van der Waals surface area contributed by atoms with E-state index < -0.39 is 0 Å². The monoisotopic (exact) mass is 199 g/mol. The average Bonchev–Trinajstić information content (AvgIpc) is 2.10. The minimum absolute atomic E-state index is 0.367. The summed E-state index contributed by atoms with van der Waals surface area (Å²) in [6.07, 6.45) is 2.35. The van der Waals surface area contributed by atoms with E-state index in [1.165, 1.54) is 26.1 Å². The second-order valence-electron chi connectivity index (χ2n) is 4.65. The molecule has 0 bridgehead atoms. The van der Waals surface area contributed by atoms with Crippen molar-refractivity contribution in [1.82, 2.24) is 9.80 Å². The van der Waals surface area contributed by atoms with Gasteiger partial charge < -0.3 is 10.6 Å². The molecule has 0 aromatic carbocycles. The zero-order valence-corrected chi connectivity index (χ0v) is 9.87. The van der Waals surface area contributed by atoms with E-state index in [1.807, 2.05) is 0 Å². The van der Waals surface area contributed by atoms with Crippen molar-refractivity contribution in [2.24, 2.45) is 5.73 Å². The smallest absolute Gasteiger partial charge is 0.0195 e. The maximum absolute atomic E-state index is 6.06. The largest absolute Gasteiger partial charge is 0.327 e. The van der Waals surface area contributed by atoms with Crippen LogP contribution < -0.4 is 5.73 Å². The fourth-order valence-corrected chi connectivity index (χ4v) is 2.21. The van der Waals surface area contributed by atoms with Gasteiger partial charge in [-0.25, -0.2) is 0 Å². The van der Waals surface area contributed by atoms with Crippen LogP contribution >= 0.6 is 0 Å². The van der Waals surface area contributed by atoms with Gasteiger partial charge in [-0.2, -0.15) is 0 Å². The Morgan fingerprint density at radius 2 is 2.14 bits per heavy atom. The Bertz CT molecular complexity index is 161. The van der Waals surface area contributed by atoms with Gasteiger partial charge >= 0.3 is 0 Å². The summed E-state index contributed by atoms with van der Waals surface area (Å²) in [6, 6.07) is 1.03. The van der Waals surface area contributed by atoms with Crippen molar-refractivity contribution in [2.75, 3.05) is 33.2 Å². The van der Waals surface area contributed by atoms with E-state index in [0.29, 0.717) is 12.1 Å². The number of likely N-dealkylation sites (N-methyl/N-ethyl adjacent to an activating group) is 1. The zero-order chi connectivity index (χ0) is 10.6. The average molecular weight is 199 g/mol. The van der Waals surface area contributed by atoms with Crippen molar-refractivity contribution in [2.45, 2.75) is 38.8 Å². The molecule has 0 aromatic heterocycles. The third-order valence-electron chi connectivity index (χ3n) is 3.10. The normalized spacial score (nSPS) is 27.9. The second kappa shape index (κ2) is 5.69. The van der Waals surface area contributed by atoms with Crippen molar-refractivity contribution in [3.05, 3.63) is 0 Å². The Morgan fingerprint density at radius 3 is 2.71 bits per heavy atom. The molecule has 1 aliphatic heterocycles. The van der Waals surface area contributed by atoms with Crippen LogP contribution in [0.3, 0.4) is 0 Å². The summed E-state index contributed by atoms with van der Waals surface area (Å²) in [5, 5.41) is 0. The summed E-state index contributed by atoms with van der Waals surface area (Å²) in [6.45, 7) is 9.11. The first-order chi connectivity index (χ1) is 6.63. The third-order valence-corrected chi connectivity index (χ3v) is 3.10. The van der Waals surface area contributed by atoms with Crippen molar-refractivity contribution in [1.29, 1.82) is 0 Å². The molecule has 1 saturated heterocycles. The molecule has 0 aromatic rings. The van der Waals surface area contributed by atoms with Gasteiger partial charge in [0, 0.05) is 38.3 Å². The first-order valence-corrected chi connectivity index (χ1v) is 5.81. The topological polar surface area (TPSA) is 32.5 Å². The number of rotatable bonds is 4. The fraction of sp³-hybridized carbons (Fsp3) is 1.00. The van der Waals surface area contributed by atoms with Crippen LogP contribution in [0.4, 0.5) is 0 Å². The molecule has 0 radical (unpaired) electrons. The summed E-state index contributed by atoms with van der Waals surface area (Å²) in [5.74, 6) is 0. The lowest BCUT2D eigenvalue weighted by Crippen LogP contribution is -2.53. The molecule has 2 atom stereocenters. The molecule has 3 nitrogen and oxygen atoms in total. The molecule has 1 fully saturated rings. The molecule has 3 heteroatoms. The first-order valence-electron chi connectivity index (χ1n) is 5.81. The number of hydrogen-bond donors (Lipinski definition) is 1. The lowest BCUT2D eigenvalue weighted by Gasteiger charge is -2.39. The molecule has 2 N–H and O–H groups in total. The number of nitrogens with zero attached hydrogens (tertiary/aromatic N) is 2. The summed E-state index contributed by atoms with van der Waals surface area (Å²) in [7, 11) is 2.19. The Morgan fingerprint density at radius 1 is 1.43 bits per heavy atom. The molecule has 0 saturated carbocycles. The molecule has 0 aliphatic carbocycles. The second-order valence-corrected chi connectivity index (χ2v) is 4.65. The molecule has 14 heavy (non-hydrogen) atoms. The lowest BCUT2D eigenvalue weighted by molar-refractivity contribution is 0.0936. The van der Waals surface area contributed by atoms with Crippen LogP contribution in [0.2, 0.25) is 0 Å². The summed E-state index contributed by atoms with van der Waals surface area (Å²) >= 11 is 0. The highest BCUT2D eigenvalue weighted by Gasteiger charge is 2.22. The van der Waals surface area contributed by atoms with Crippen LogP contribution in [-0.2, 0) is 0 Å². The summed E-state index contributed by atoms with van der Waals surface area (Å²) in [4.78, 5) is 4.92. The van der Waals surface area contributed by atoms with E-state index in [2.05, 4.69) is 30.7 Å². The minimum atomic E-state index is 0.367. The third kappa shape index (κ3) is 3.56. The molecule has 1 heterocycles.